The van der Waals surface area contributed by atoms with E-state index in [1.807, 2.05) is 6.92 Å². The van der Waals surface area contributed by atoms with Crippen molar-refractivity contribution in [2.45, 2.75) is 39.0 Å². The van der Waals surface area contributed by atoms with Gasteiger partial charge in [0.15, 0.2) is 0 Å². The third-order valence-corrected chi connectivity index (χ3v) is 2.98. The van der Waals surface area contributed by atoms with E-state index in [0.29, 0.717) is 6.04 Å². The predicted molar refractivity (Wildman–Crippen MR) is 71.8 cm³/mol. The van der Waals surface area contributed by atoms with Crippen molar-refractivity contribution in [1.29, 1.82) is 0 Å². The van der Waals surface area contributed by atoms with Gasteiger partial charge in [-0.05, 0) is 60.6 Å². The Morgan fingerprint density at radius 3 is 2.40 bits per heavy atom. The molecular weight excluding hydrogens is 301 g/mol. The number of halogens is 1. The molecule has 0 radical (unpaired) electrons. The summed E-state index contributed by atoms with van der Waals surface area (Å²) >= 11 is 2.30. The number of hydrogen-bond donors (Lipinski definition) is 2. The largest absolute Gasteiger partial charge is 0.393 e. The Bertz CT molecular complexity index is 284. The SMILES string of the molecule is CC(O)CC(C)NCc1ccc(I)cc1. The van der Waals surface area contributed by atoms with Crippen LogP contribution in [0.25, 0.3) is 0 Å². The summed E-state index contributed by atoms with van der Waals surface area (Å²) in [4.78, 5) is 0. The lowest BCUT2D eigenvalue weighted by Crippen LogP contribution is -2.28. The smallest absolute Gasteiger partial charge is 0.0526 e. The lowest BCUT2D eigenvalue weighted by Gasteiger charge is -2.15. The summed E-state index contributed by atoms with van der Waals surface area (Å²) in [6, 6.07) is 8.82. The molecule has 0 saturated heterocycles. The van der Waals surface area contributed by atoms with E-state index in [9.17, 15) is 5.11 Å². The number of aliphatic hydroxyl groups is 1. The normalized spacial score (nSPS) is 14.9. The van der Waals surface area contributed by atoms with E-state index in [1.54, 1.807) is 0 Å². The monoisotopic (exact) mass is 319 g/mol. The van der Waals surface area contributed by atoms with Gasteiger partial charge in [-0.25, -0.2) is 0 Å². The van der Waals surface area contributed by atoms with Crippen LogP contribution in [0.3, 0.4) is 0 Å². The first kappa shape index (κ1) is 12.9. The molecule has 2 N–H and O–H groups in total. The standard InChI is InChI=1S/C12H18INO/c1-9(7-10(2)15)14-8-11-3-5-12(13)6-4-11/h3-6,9-10,14-15H,7-8H2,1-2H3. The summed E-state index contributed by atoms with van der Waals surface area (Å²) in [5.41, 5.74) is 1.29. The van der Waals surface area contributed by atoms with Crippen LogP contribution in [0.1, 0.15) is 25.8 Å². The zero-order valence-electron chi connectivity index (χ0n) is 9.20. The fourth-order valence-electron chi connectivity index (χ4n) is 1.49. The molecule has 2 nitrogen and oxygen atoms in total. The Hall–Kier alpha value is -0.130. The van der Waals surface area contributed by atoms with Gasteiger partial charge in [0.25, 0.3) is 0 Å². The van der Waals surface area contributed by atoms with Crippen molar-refractivity contribution in [3.8, 4) is 0 Å². The van der Waals surface area contributed by atoms with Gasteiger partial charge in [-0.3, -0.25) is 0 Å². The van der Waals surface area contributed by atoms with Crippen molar-refractivity contribution < 1.29 is 5.11 Å². The fraction of sp³-hybridized carbons (Fsp3) is 0.500. The molecule has 0 aliphatic rings. The van der Waals surface area contributed by atoms with Crippen molar-refractivity contribution in [2.24, 2.45) is 0 Å². The molecule has 3 heteroatoms. The van der Waals surface area contributed by atoms with Crippen LogP contribution < -0.4 is 5.32 Å². The molecule has 0 heterocycles. The summed E-state index contributed by atoms with van der Waals surface area (Å²) in [6.45, 7) is 4.79. The molecule has 84 valence electrons. The highest BCUT2D eigenvalue weighted by Crippen LogP contribution is 2.07. The Kier molecular flexibility index (Phi) is 5.56. The van der Waals surface area contributed by atoms with Crippen LogP contribution in [0.2, 0.25) is 0 Å². The Balaban J connectivity index is 2.33. The summed E-state index contributed by atoms with van der Waals surface area (Å²) in [6.07, 6.45) is 0.564. The number of nitrogens with one attached hydrogen (secondary N) is 1. The lowest BCUT2D eigenvalue weighted by atomic mass is 10.1. The Labute approximate surface area is 105 Å². The van der Waals surface area contributed by atoms with Gasteiger partial charge in [0.1, 0.15) is 0 Å². The first-order valence-electron chi connectivity index (χ1n) is 5.24. The van der Waals surface area contributed by atoms with Gasteiger partial charge in [0.05, 0.1) is 6.10 Å². The molecule has 0 saturated carbocycles. The second-order valence-electron chi connectivity index (χ2n) is 3.99. The van der Waals surface area contributed by atoms with E-state index in [-0.39, 0.29) is 6.10 Å². The minimum atomic E-state index is -0.232. The molecule has 0 aliphatic heterocycles. The highest BCUT2D eigenvalue weighted by molar-refractivity contribution is 14.1. The minimum absolute atomic E-state index is 0.232. The summed E-state index contributed by atoms with van der Waals surface area (Å²) in [7, 11) is 0. The second-order valence-corrected chi connectivity index (χ2v) is 5.24. The van der Waals surface area contributed by atoms with E-state index in [4.69, 9.17) is 0 Å². The maximum atomic E-state index is 9.22. The Morgan fingerprint density at radius 1 is 1.27 bits per heavy atom. The molecule has 0 amide bonds. The molecule has 0 aromatic heterocycles. The van der Waals surface area contributed by atoms with Crippen LogP contribution in [-0.2, 0) is 6.54 Å². The molecule has 2 atom stereocenters. The van der Waals surface area contributed by atoms with E-state index in [1.165, 1.54) is 9.13 Å². The number of rotatable bonds is 5. The van der Waals surface area contributed by atoms with Crippen molar-refractivity contribution in [3.05, 3.63) is 33.4 Å². The first-order valence-corrected chi connectivity index (χ1v) is 6.31. The zero-order chi connectivity index (χ0) is 11.3. The lowest BCUT2D eigenvalue weighted by molar-refractivity contribution is 0.170. The number of benzene rings is 1. The maximum absolute atomic E-state index is 9.22. The van der Waals surface area contributed by atoms with Crippen LogP contribution in [0.4, 0.5) is 0 Å². The zero-order valence-corrected chi connectivity index (χ0v) is 11.4. The third-order valence-electron chi connectivity index (χ3n) is 2.26. The molecular formula is C12H18INO. The summed E-state index contributed by atoms with van der Waals surface area (Å²) in [5.74, 6) is 0. The van der Waals surface area contributed by atoms with Crippen molar-refractivity contribution in [1.82, 2.24) is 5.32 Å². The molecule has 0 spiro atoms. The van der Waals surface area contributed by atoms with E-state index in [0.717, 1.165) is 13.0 Å². The minimum Gasteiger partial charge on any atom is -0.393 e. The van der Waals surface area contributed by atoms with Crippen LogP contribution in [0.5, 0.6) is 0 Å². The van der Waals surface area contributed by atoms with E-state index < -0.39 is 0 Å². The second kappa shape index (κ2) is 6.45. The molecule has 15 heavy (non-hydrogen) atoms. The fourth-order valence-corrected chi connectivity index (χ4v) is 1.85. The number of aliphatic hydroxyl groups excluding tert-OH is 1. The van der Waals surface area contributed by atoms with Crippen LogP contribution in [0, 0.1) is 3.57 Å². The summed E-state index contributed by atoms with van der Waals surface area (Å²) in [5, 5.41) is 12.6. The van der Waals surface area contributed by atoms with Gasteiger partial charge in [-0.15, -0.1) is 0 Å². The molecule has 1 aromatic rings. The molecule has 0 aliphatic carbocycles. The maximum Gasteiger partial charge on any atom is 0.0526 e. The molecule has 2 unspecified atom stereocenters. The highest BCUT2D eigenvalue weighted by atomic mass is 127. The van der Waals surface area contributed by atoms with Crippen molar-refractivity contribution in [3.63, 3.8) is 0 Å². The van der Waals surface area contributed by atoms with Crippen LogP contribution in [-0.4, -0.2) is 17.3 Å². The average molecular weight is 319 g/mol. The van der Waals surface area contributed by atoms with Gasteiger partial charge in [-0.1, -0.05) is 12.1 Å². The van der Waals surface area contributed by atoms with Crippen molar-refractivity contribution >= 4 is 22.6 Å². The number of hydrogen-bond acceptors (Lipinski definition) is 2. The highest BCUT2D eigenvalue weighted by Gasteiger charge is 2.04. The quantitative estimate of drug-likeness (QED) is 0.818. The molecule has 0 fully saturated rings. The van der Waals surface area contributed by atoms with Gasteiger partial charge in [-0.2, -0.15) is 0 Å². The molecule has 0 bridgehead atoms. The van der Waals surface area contributed by atoms with E-state index >= 15 is 0 Å². The van der Waals surface area contributed by atoms with Gasteiger partial charge >= 0.3 is 0 Å². The Morgan fingerprint density at radius 2 is 1.87 bits per heavy atom. The van der Waals surface area contributed by atoms with E-state index in [2.05, 4.69) is 59.1 Å². The average Bonchev–Trinajstić information content (AvgIpc) is 2.16. The predicted octanol–water partition coefficient (Wildman–Crippen LogP) is 2.54. The van der Waals surface area contributed by atoms with Crippen LogP contribution in [0.15, 0.2) is 24.3 Å². The molecule has 1 rings (SSSR count). The van der Waals surface area contributed by atoms with Crippen molar-refractivity contribution in [2.75, 3.05) is 0 Å². The third kappa shape index (κ3) is 5.49. The van der Waals surface area contributed by atoms with Gasteiger partial charge < -0.3 is 10.4 Å². The topological polar surface area (TPSA) is 32.3 Å². The van der Waals surface area contributed by atoms with Gasteiger partial charge in [0, 0.05) is 16.2 Å². The molecule has 1 aromatic carbocycles. The van der Waals surface area contributed by atoms with Gasteiger partial charge in [0.2, 0.25) is 0 Å². The first-order chi connectivity index (χ1) is 7.08. The summed E-state index contributed by atoms with van der Waals surface area (Å²) < 4.78 is 1.26. The van der Waals surface area contributed by atoms with Crippen LogP contribution >= 0.6 is 22.6 Å².